The van der Waals surface area contributed by atoms with Crippen LogP contribution in [0, 0.1) is 0 Å². The molecule has 5 nitrogen and oxygen atoms in total. The maximum atomic E-state index is 12.1. The molecule has 1 atom stereocenters. The first-order chi connectivity index (χ1) is 12.7. The summed E-state index contributed by atoms with van der Waals surface area (Å²) in [6.45, 7) is 7.91. The summed E-state index contributed by atoms with van der Waals surface area (Å²) < 4.78 is 0. The molecule has 1 unspecified atom stereocenters. The van der Waals surface area contributed by atoms with Gasteiger partial charge in [0, 0.05) is 49.8 Å². The SMILES string of the molecule is CCCCNC(=O)c1ccc(CNC(=NC)N2CCSC(CC)C2)cc1. The van der Waals surface area contributed by atoms with Crippen LogP contribution in [0.25, 0.3) is 0 Å². The van der Waals surface area contributed by atoms with E-state index in [0.717, 1.165) is 49.8 Å². The minimum Gasteiger partial charge on any atom is -0.352 e. The molecule has 26 heavy (non-hydrogen) atoms. The third kappa shape index (κ3) is 6.24. The van der Waals surface area contributed by atoms with Gasteiger partial charge < -0.3 is 15.5 Å². The normalized spacial score (nSPS) is 17.9. The Balaban J connectivity index is 1.85. The molecule has 1 heterocycles. The molecule has 2 N–H and O–H groups in total. The summed E-state index contributed by atoms with van der Waals surface area (Å²) in [5.41, 5.74) is 1.86. The Morgan fingerprint density at radius 2 is 2.04 bits per heavy atom. The van der Waals surface area contributed by atoms with Gasteiger partial charge >= 0.3 is 0 Å². The number of carbonyl (C=O) groups is 1. The van der Waals surface area contributed by atoms with E-state index in [0.29, 0.717) is 17.4 Å². The molecule has 1 aromatic carbocycles. The highest BCUT2D eigenvalue weighted by Gasteiger charge is 2.21. The van der Waals surface area contributed by atoms with Crippen molar-refractivity contribution in [1.82, 2.24) is 15.5 Å². The standard InChI is InChI=1S/C20H32N4OS/c1-4-6-11-22-19(25)17-9-7-16(8-10-17)14-23-20(21-3)24-12-13-26-18(5-2)15-24/h7-10,18H,4-6,11-15H2,1-3H3,(H,21,23)(H,22,25). The summed E-state index contributed by atoms with van der Waals surface area (Å²) in [4.78, 5) is 18.8. The van der Waals surface area contributed by atoms with Crippen LogP contribution >= 0.6 is 11.8 Å². The number of nitrogens with zero attached hydrogens (tertiary/aromatic N) is 2. The first kappa shape index (κ1) is 20.6. The van der Waals surface area contributed by atoms with Crippen LogP contribution in [-0.4, -0.2) is 54.5 Å². The molecular weight excluding hydrogens is 344 g/mol. The van der Waals surface area contributed by atoms with Crippen LogP contribution in [0.1, 0.15) is 49.0 Å². The monoisotopic (exact) mass is 376 g/mol. The molecule has 6 heteroatoms. The predicted octanol–water partition coefficient (Wildman–Crippen LogP) is 3.12. The topological polar surface area (TPSA) is 56.7 Å². The predicted molar refractivity (Wildman–Crippen MR) is 112 cm³/mol. The van der Waals surface area contributed by atoms with Crippen molar-refractivity contribution in [2.75, 3.05) is 32.4 Å². The Bertz CT molecular complexity index is 588. The van der Waals surface area contributed by atoms with Gasteiger partial charge in [-0.2, -0.15) is 11.8 Å². The third-order valence-electron chi connectivity index (χ3n) is 4.59. The summed E-state index contributed by atoms with van der Waals surface area (Å²) in [6, 6.07) is 7.81. The van der Waals surface area contributed by atoms with Gasteiger partial charge in [0.05, 0.1) is 0 Å². The van der Waals surface area contributed by atoms with Crippen LogP contribution in [0.15, 0.2) is 29.3 Å². The molecule has 144 valence electrons. The number of guanidine groups is 1. The van der Waals surface area contributed by atoms with Gasteiger partial charge in [0.15, 0.2) is 5.96 Å². The van der Waals surface area contributed by atoms with Crippen molar-refractivity contribution >= 4 is 23.6 Å². The lowest BCUT2D eigenvalue weighted by molar-refractivity contribution is 0.0953. The summed E-state index contributed by atoms with van der Waals surface area (Å²) in [5, 5.41) is 7.09. The van der Waals surface area contributed by atoms with Gasteiger partial charge in [0.2, 0.25) is 0 Å². The van der Waals surface area contributed by atoms with Gasteiger partial charge in [-0.1, -0.05) is 32.4 Å². The molecule has 1 aliphatic rings. The average Bonchev–Trinajstić information content (AvgIpc) is 2.69. The zero-order valence-electron chi connectivity index (χ0n) is 16.3. The van der Waals surface area contributed by atoms with Gasteiger partial charge in [-0.15, -0.1) is 0 Å². The lowest BCUT2D eigenvalue weighted by Crippen LogP contribution is -2.47. The fourth-order valence-corrected chi connectivity index (χ4v) is 4.11. The fraction of sp³-hybridized carbons (Fsp3) is 0.600. The second-order valence-electron chi connectivity index (χ2n) is 6.55. The van der Waals surface area contributed by atoms with Crippen LogP contribution in [0.2, 0.25) is 0 Å². The minimum atomic E-state index is 0.00481. The molecule has 1 saturated heterocycles. The van der Waals surface area contributed by atoms with E-state index in [9.17, 15) is 4.79 Å². The minimum absolute atomic E-state index is 0.00481. The number of hydrogen-bond donors (Lipinski definition) is 2. The Labute approximate surface area is 162 Å². The van der Waals surface area contributed by atoms with Crippen molar-refractivity contribution in [3.63, 3.8) is 0 Å². The molecule has 0 radical (unpaired) electrons. The van der Waals surface area contributed by atoms with Crippen LogP contribution < -0.4 is 10.6 Å². The summed E-state index contributed by atoms with van der Waals surface area (Å²) in [6.07, 6.45) is 3.29. The van der Waals surface area contributed by atoms with Crippen molar-refractivity contribution in [2.24, 2.45) is 4.99 Å². The van der Waals surface area contributed by atoms with E-state index in [-0.39, 0.29) is 5.91 Å². The van der Waals surface area contributed by atoms with Crippen LogP contribution in [0.5, 0.6) is 0 Å². The summed E-state index contributed by atoms with van der Waals surface area (Å²) >= 11 is 2.06. The van der Waals surface area contributed by atoms with Crippen molar-refractivity contribution < 1.29 is 4.79 Å². The Hall–Kier alpha value is -1.69. The highest BCUT2D eigenvalue weighted by molar-refractivity contribution is 8.00. The number of rotatable bonds is 7. The molecule has 1 aromatic rings. The second kappa shape index (κ2) is 11.1. The van der Waals surface area contributed by atoms with Gasteiger partial charge in [-0.3, -0.25) is 9.79 Å². The number of benzene rings is 1. The number of unbranched alkanes of at least 4 members (excludes halogenated alkanes) is 1. The summed E-state index contributed by atoms with van der Waals surface area (Å²) in [7, 11) is 1.84. The Kier molecular flexibility index (Phi) is 8.81. The van der Waals surface area contributed by atoms with E-state index >= 15 is 0 Å². The van der Waals surface area contributed by atoms with E-state index in [1.807, 2.05) is 31.3 Å². The lowest BCUT2D eigenvalue weighted by Gasteiger charge is -2.34. The van der Waals surface area contributed by atoms with Crippen molar-refractivity contribution in [3.8, 4) is 0 Å². The van der Waals surface area contributed by atoms with Gasteiger partial charge in [-0.25, -0.2) is 0 Å². The smallest absolute Gasteiger partial charge is 0.251 e. The number of carbonyl (C=O) groups excluding carboxylic acids is 1. The quantitative estimate of drug-likeness (QED) is 0.436. The third-order valence-corrected chi connectivity index (χ3v) is 5.96. The lowest BCUT2D eigenvalue weighted by atomic mass is 10.1. The van der Waals surface area contributed by atoms with Gasteiger partial charge in [0.25, 0.3) is 5.91 Å². The van der Waals surface area contributed by atoms with E-state index in [4.69, 9.17) is 0 Å². The molecule has 1 aliphatic heterocycles. The van der Waals surface area contributed by atoms with E-state index in [2.05, 4.69) is 46.1 Å². The molecule has 0 aromatic heterocycles. The molecule has 0 aliphatic carbocycles. The molecule has 1 amide bonds. The highest BCUT2D eigenvalue weighted by atomic mass is 32.2. The van der Waals surface area contributed by atoms with E-state index in [1.165, 1.54) is 6.42 Å². The second-order valence-corrected chi connectivity index (χ2v) is 7.96. The number of nitrogens with one attached hydrogen (secondary N) is 2. The number of hydrogen-bond acceptors (Lipinski definition) is 3. The Morgan fingerprint density at radius 3 is 2.69 bits per heavy atom. The Morgan fingerprint density at radius 1 is 1.27 bits per heavy atom. The van der Waals surface area contributed by atoms with Crippen LogP contribution in [0.4, 0.5) is 0 Å². The van der Waals surface area contributed by atoms with Crippen LogP contribution in [0.3, 0.4) is 0 Å². The number of thioether (sulfide) groups is 1. The van der Waals surface area contributed by atoms with Crippen LogP contribution in [-0.2, 0) is 6.54 Å². The molecule has 0 saturated carbocycles. The number of aliphatic imine (C=N–C) groups is 1. The van der Waals surface area contributed by atoms with E-state index < -0.39 is 0 Å². The van der Waals surface area contributed by atoms with Gasteiger partial charge in [0.1, 0.15) is 0 Å². The van der Waals surface area contributed by atoms with E-state index in [1.54, 1.807) is 0 Å². The number of amides is 1. The average molecular weight is 377 g/mol. The molecule has 0 bridgehead atoms. The zero-order valence-corrected chi connectivity index (χ0v) is 17.1. The molecule has 0 spiro atoms. The first-order valence-corrected chi connectivity index (χ1v) is 10.7. The fourth-order valence-electron chi connectivity index (χ4n) is 2.93. The maximum Gasteiger partial charge on any atom is 0.251 e. The van der Waals surface area contributed by atoms with Crippen molar-refractivity contribution in [2.45, 2.75) is 44.9 Å². The highest BCUT2D eigenvalue weighted by Crippen LogP contribution is 2.21. The molecule has 1 fully saturated rings. The molecule has 2 rings (SSSR count). The largest absolute Gasteiger partial charge is 0.352 e. The first-order valence-electron chi connectivity index (χ1n) is 9.62. The van der Waals surface area contributed by atoms with Crippen molar-refractivity contribution in [3.05, 3.63) is 35.4 Å². The molecular formula is C20H32N4OS. The van der Waals surface area contributed by atoms with Crippen molar-refractivity contribution in [1.29, 1.82) is 0 Å². The van der Waals surface area contributed by atoms with Gasteiger partial charge in [-0.05, 0) is 30.5 Å². The summed E-state index contributed by atoms with van der Waals surface area (Å²) in [5.74, 6) is 2.12. The zero-order chi connectivity index (χ0) is 18.8. The maximum absolute atomic E-state index is 12.1.